The first-order valence-electron chi connectivity index (χ1n) is 4.02. The molecule has 1 nitrogen and oxygen atoms in total. The lowest BCUT2D eigenvalue weighted by molar-refractivity contribution is 0.215. The minimum absolute atomic E-state index is 0.819. The average molecular weight is 321 g/mol. The Balaban J connectivity index is -0.0000000793. The van der Waals surface area contributed by atoms with Crippen molar-refractivity contribution >= 4 is 21.8 Å². The largest absolute Gasteiger partial charge is 0.673 e. The fourth-order valence-corrected chi connectivity index (χ4v) is 0. The molecule has 16 heteroatoms. The summed E-state index contributed by atoms with van der Waals surface area (Å²) in [7, 11) is -16.3. The van der Waals surface area contributed by atoms with E-state index in [9.17, 15) is 51.8 Å². The molecule has 0 aromatic carbocycles. The molecule has 0 N–H and O–H groups in total. The van der Waals surface area contributed by atoms with Crippen LogP contribution in [0.5, 0.6) is 0 Å². The van der Waals surface area contributed by atoms with Gasteiger partial charge in [0.1, 0.15) is 0 Å². The molecule has 0 aromatic heterocycles. The van der Waals surface area contributed by atoms with E-state index in [1.807, 2.05) is 6.92 Å². The Bertz CT molecular complexity index is 124. The van der Waals surface area contributed by atoms with Gasteiger partial charge in [0.25, 0.3) is 0 Å². The molecule has 122 valence electrons. The highest BCUT2D eigenvalue weighted by atomic mass is 19.5. The Hall–Kier alpha value is -0.685. The van der Waals surface area contributed by atoms with Gasteiger partial charge in [0.05, 0.1) is 0 Å². The van der Waals surface area contributed by atoms with Crippen molar-refractivity contribution in [1.82, 2.24) is 0 Å². The first-order chi connectivity index (χ1) is 7.91. The van der Waals surface area contributed by atoms with E-state index in [0.29, 0.717) is 0 Å². The van der Waals surface area contributed by atoms with Crippen LogP contribution in [0.25, 0.3) is 0 Å². The van der Waals surface area contributed by atoms with E-state index in [-0.39, 0.29) is 0 Å². The van der Waals surface area contributed by atoms with E-state index in [1.54, 1.807) is 7.11 Å². The zero-order valence-corrected chi connectivity index (χ0v) is 9.38. The van der Waals surface area contributed by atoms with Gasteiger partial charge in [-0.25, -0.2) is 0 Å². The summed E-state index contributed by atoms with van der Waals surface area (Å²) >= 11 is 0. The van der Waals surface area contributed by atoms with Crippen LogP contribution in [0.15, 0.2) is 0 Å². The molecule has 0 radical (unpaired) electrons. The second-order valence-electron chi connectivity index (χ2n) is 2.06. The molecule has 0 unspecified atom stereocenters. The molecule has 0 amide bonds. The number of rotatable bonds is 1. The van der Waals surface area contributed by atoms with Crippen molar-refractivity contribution in [1.29, 1.82) is 0 Å². The second-order valence-corrected chi connectivity index (χ2v) is 2.06. The van der Waals surface area contributed by atoms with Gasteiger partial charge < -0.3 is 56.5 Å². The van der Waals surface area contributed by atoms with Gasteiger partial charge in [0.15, 0.2) is 0 Å². The van der Waals surface area contributed by atoms with Crippen molar-refractivity contribution in [2.45, 2.75) is 6.92 Å². The standard InChI is InChI=1S/C3H8O.3BF4/c1-3-4-2;3*2-1(3,4)5/h3H2,1-2H3;;;/q;3*-1. The van der Waals surface area contributed by atoms with E-state index < -0.39 is 21.8 Å². The highest BCUT2D eigenvalue weighted by molar-refractivity contribution is 6.50. The molecule has 0 aromatic rings. The van der Waals surface area contributed by atoms with Crippen molar-refractivity contribution in [3.63, 3.8) is 0 Å². The molecule has 0 saturated carbocycles. The first kappa shape index (κ1) is 26.8. The maximum Gasteiger partial charge on any atom is 0.673 e. The third kappa shape index (κ3) is 41000. The summed E-state index contributed by atoms with van der Waals surface area (Å²) < 4.78 is 122. The summed E-state index contributed by atoms with van der Waals surface area (Å²) in [5.74, 6) is 0. The summed E-state index contributed by atoms with van der Waals surface area (Å²) in [5.41, 5.74) is 0. The van der Waals surface area contributed by atoms with Crippen LogP contribution in [0.4, 0.5) is 51.8 Å². The summed E-state index contributed by atoms with van der Waals surface area (Å²) in [6.07, 6.45) is 0. The lowest BCUT2D eigenvalue weighted by Crippen LogP contribution is -2.02. The van der Waals surface area contributed by atoms with Crippen LogP contribution >= 0.6 is 0 Å². The van der Waals surface area contributed by atoms with Gasteiger partial charge in [-0.05, 0) is 6.92 Å². The predicted molar refractivity (Wildman–Crippen MR) is 48.1 cm³/mol. The van der Waals surface area contributed by atoms with Crippen LogP contribution in [0.1, 0.15) is 6.92 Å². The average Bonchev–Trinajstić information content (AvgIpc) is 1.93. The minimum atomic E-state index is -6.00. The smallest absolute Gasteiger partial charge is 0.418 e. The zero-order chi connectivity index (χ0) is 16.9. The molecule has 0 spiro atoms. The highest BCUT2D eigenvalue weighted by Crippen LogP contribution is 2.07. The number of halogens is 12. The second kappa shape index (κ2) is 12.4. The molecule has 0 saturated heterocycles. The predicted octanol–water partition coefficient (Wildman–Crippen LogP) is 4.55. The van der Waals surface area contributed by atoms with E-state index in [4.69, 9.17) is 0 Å². The van der Waals surface area contributed by atoms with Gasteiger partial charge in [0, 0.05) is 13.7 Å². The van der Waals surface area contributed by atoms with Gasteiger partial charge in [-0.1, -0.05) is 0 Å². The van der Waals surface area contributed by atoms with Gasteiger partial charge >= 0.3 is 21.8 Å². The van der Waals surface area contributed by atoms with E-state index in [2.05, 4.69) is 4.74 Å². The molecule has 0 rings (SSSR count). The van der Waals surface area contributed by atoms with Gasteiger partial charge in [0.2, 0.25) is 0 Å². The molecule has 0 fully saturated rings. The molecule has 19 heavy (non-hydrogen) atoms. The third-order valence-corrected chi connectivity index (χ3v) is 0.289. The van der Waals surface area contributed by atoms with Crippen LogP contribution in [-0.4, -0.2) is 35.5 Å². The Morgan fingerprint density at radius 2 is 0.632 bits per heavy atom. The summed E-state index contributed by atoms with van der Waals surface area (Å²) in [6, 6.07) is 0. The van der Waals surface area contributed by atoms with E-state index in [0.717, 1.165) is 6.61 Å². The SMILES string of the molecule is CCOC.F[B-](F)(F)F.F[B-](F)(F)F.F[B-](F)(F)F. The van der Waals surface area contributed by atoms with Crippen molar-refractivity contribution in [3.05, 3.63) is 0 Å². The van der Waals surface area contributed by atoms with Crippen molar-refractivity contribution in [2.24, 2.45) is 0 Å². The molecule has 0 aliphatic rings. The van der Waals surface area contributed by atoms with Crippen molar-refractivity contribution in [2.75, 3.05) is 13.7 Å². The highest BCUT2D eigenvalue weighted by Gasteiger charge is 2.21. The van der Waals surface area contributed by atoms with Crippen LogP contribution < -0.4 is 0 Å². The molecule has 0 atom stereocenters. The van der Waals surface area contributed by atoms with Crippen molar-refractivity contribution in [3.8, 4) is 0 Å². The maximum atomic E-state index is 9.75. The van der Waals surface area contributed by atoms with Crippen LogP contribution in [0.2, 0.25) is 0 Å². The first-order valence-corrected chi connectivity index (χ1v) is 4.02. The summed E-state index contributed by atoms with van der Waals surface area (Å²) in [6.45, 7) is 2.78. The van der Waals surface area contributed by atoms with E-state index >= 15 is 0 Å². The number of hydrogen-bond donors (Lipinski definition) is 0. The van der Waals surface area contributed by atoms with Crippen LogP contribution in [-0.2, 0) is 4.74 Å². The normalized spacial score (nSPS) is 11.1. The van der Waals surface area contributed by atoms with E-state index in [1.165, 1.54) is 0 Å². The molecule has 0 aliphatic heterocycles. The Morgan fingerprint density at radius 1 is 0.579 bits per heavy atom. The minimum Gasteiger partial charge on any atom is -0.418 e. The molecule has 0 heterocycles. The number of ether oxygens (including phenoxy) is 1. The Kier molecular flexibility index (Phi) is 17.4. The molecule has 0 aliphatic carbocycles. The summed E-state index contributed by atoms with van der Waals surface area (Å²) in [5, 5.41) is 0. The maximum absolute atomic E-state index is 9.75. The summed E-state index contributed by atoms with van der Waals surface area (Å²) in [4.78, 5) is 0. The molecular weight excluding hydrogens is 312 g/mol. The number of hydrogen-bond acceptors (Lipinski definition) is 1. The monoisotopic (exact) mass is 321 g/mol. The Labute approximate surface area is 100 Å². The third-order valence-electron chi connectivity index (χ3n) is 0.289. The lowest BCUT2D eigenvalue weighted by Gasteiger charge is -1.94. The topological polar surface area (TPSA) is 9.23 Å². The lowest BCUT2D eigenvalue weighted by atomic mass is 10.3. The van der Waals surface area contributed by atoms with Crippen LogP contribution in [0, 0.1) is 0 Å². The molecular formula is C3H8B3F12O-3. The van der Waals surface area contributed by atoms with Crippen LogP contribution in [0.3, 0.4) is 0 Å². The van der Waals surface area contributed by atoms with Gasteiger partial charge in [-0.2, -0.15) is 0 Å². The van der Waals surface area contributed by atoms with Gasteiger partial charge in [-0.15, -0.1) is 0 Å². The molecule has 0 bridgehead atoms. The fourth-order valence-electron chi connectivity index (χ4n) is 0. The van der Waals surface area contributed by atoms with Gasteiger partial charge in [-0.3, -0.25) is 0 Å². The quantitative estimate of drug-likeness (QED) is 0.508. The van der Waals surface area contributed by atoms with Crippen molar-refractivity contribution < 1.29 is 56.5 Å². The zero-order valence-electron chi connectivity index (χ0n) is 9.38. The fraction of sp³-hybridized carbons (Fsp3) is 1.00. The Morgan fingerprint density at radius 3 is 0.632 bits per heavy atom. The number of methoxy groups -OCH3 is 1.